The molecule has 0 saturated carbocycles. The van der Waals surface area contributed by atoms with Crippen molar-refractivity contribution in [3.05, 3.63) is 60.2 Å². The Bertz CT molecular complexity index is 1140. The van der Waals surface area contributed by atoms with E-state index in [1.807, 2.05) is 40.1 Å². The maximum Gasteiger partial charge on any atom is 0.247 e. The second kappa shape index (κ2) is 11.5. The summed E-state index contributed by atoms with van der Waals surface area (Å²) in [5, 5.41) is 9.27. The molecule has 1 N–H and O–H groups in total. The summed E-state index contributed by atoms with van der Waals surface area (Å²) in [7, 11) is 0. The number of unbranched alkanes of at least 4 members (excludes halogenated alkanes) is 3. The standard InChI is InChI=1S/C31H41N3O4S/c1-3-4-17-32-18-12-16-31-25(28(37)34(26(31)29(32)38)20-9-6-10-21-35)24-27(36)33(19-11-15-30(24,2)39-31)22-23-13-7-5-8-14-23/h5,7-8,11-16,24-26,35H,3-4,6,9-10,17-22H2,1-2H3/t24-,25-,26?,30+,31-/m0/s1. The molecule has 210 valence electrons. The SMILES string of the molecule is CCCCN1CC=C[C@]23S[C@]4(C)C=CCN(Cc5ccccc5)C(=O)[C@@H]4[C@H]2C(=O)N(CCCCCO)C3C1=O. The van der Waals surface area contributed by atoms with Crippen LogP contribution in [0.2, 0.25) is 0 Å². The van der Waals surface area contributed by atoms with Crippen LogP contribution in [0.15, 0.2) is 54.6 Å². The topological polar surface area (TPSA) is 81.2 Å². The number of amides is 3. The van der Waals surface area contributed by atoms with E-state index in [0.717, 1.165) is 31.2 Å². The van der Waals surface area contributed by atoms with Crippen molar-refractivity contribution in [2.75, 3.05) is 32.8 Å². The first kappa shape index (κ1) is 28.0. The Kier molecular flexibility index (Phi) is 8.24. The molecule has 4 aliphatic rings. The molecule has 8 heteroatoms. The van der Waals surface area contributed by atoms with Crippen molar-refractivity contribution < 1.29 is 19.5 Å². The molecule has 2 fully saturated rings. The second-order valence-electron chi connectivity index (χ2n) is 11.5. The maximum absolute atomic E-state index is 14.4. The van der Waals surface area contributed by atoms with Gasteiger partial charge in [0.2, 0.25) is 17.7 Å². The van der Waals surface area contributed by atoms with Crippen molar-refractivity contribution in [2.45, 2.75) is 68.0 Å². The molecule has 7 nitrogen and oxygen atoms in total. The number of carbonyl (C=O) groups excluding carboxylic acids is 3. The number of thioether (sulfide) groups is 1. The predicted octanol–water partition coefficient (Wildman–Crippen LogP) is 3.63. The third-order valence-corrected chi connectivity index (χ3v) is 10.6. The van der Waals surface area contributed by atoms with Crippen molar-refractivity contribution in [1.29, 1.82) is 0 Å². The minimum absolute atomic E-state index is 0.00316. The van der Waals surface area contributed by atoms with Crippen molar-refractivity contribution in [1.82, 2.24) is 14.7 Å². The quantitative estimate of drug-likeness (QED) is 0.355. The summed E-state index contributed by atoms with van der Waals surface area (Å²) in [5.74, 6) is -1.25. The number of carbonyl (C=O) groups is 3. The highest BCUT2D eigenvalue weighted by Gasteiger charge is 2.73. The predicted molar refractivity (Wildman–Crippen MR) is 154 cm³/mol. The summed E-state index contributed by atoms with van der Waals surface area (Å²) in [5.41, 5.74) is 1.06. The van der Waals surface area contributed by atoms with Crippen LogP contribution in [0.5, 0.6) is 0 Å². The molecule has 1 aromatic rings. The van der Waals surface area contributed by atoms with Gasteiger partial charge in [-0.15, -0.1) is 11.8 Å². The van der Waals surface area contributed by atoms with Crippen LogP contribution in [0.4, 0.5) is 0 Å². The summed E-state index contributed by atoms with van der Waals surface area (Å²) in [6.07, 6.45) is 12.4. The van der Waals surface area contributed by atoms with Crippen LogP contribution in [0.3, 0.4) is 0 Å². The van der Waals surface area contributed by atoms with Gasteiger partial charge in [-0.05, 0) is 38.2 Å². The van der Waals surface area contributed by atoms with Gasteiger partial charge in [-0.2, -0.15) is 0 Å². The zero-order chi connectivity index (χ0) is 27.6. The van der Waals surface area contributed by atoms with E-state index in [0.29, 0.717) is 39.1 Å². The van der Waals surface area contributed by atoms with Gasteiger partial charge < -0.3 is 19.8 Å². The Morgan fingerprint density at radius 2 is 1.62 bits per heavy atom. The van der Waals surface area contributed by atoms with Gasteiger partial charge in [-0.25, -0.2) is 0 Å². The van der Waals surface area contributed by atoms with Crippen molar-refractivity contribution >= 4 is 29.5 Å². The lowest BCUT2D eigenvalue weighted by molar-refractivity contribution is -0.145. The van der Waals surface area contributed by atoms with Crippen molar-refractivity contribution in [2.24, 2.45) is 11.8 Å². The first-order valence-corrected chi connectivity index (χ1v) is 15.3. The number of hydrogen-bond acceptors (Lipinski definition) is 5. The number of hydrogen-bond donors (Lipinski definition) is 1. The first-order valence-electron chi connectivity index (χ1n) is 14.4. The third kappa shape index (κ3) is 4.95. The molecule has 0 radical (unpaired) electrons. The maximum atomic E-state index is 14.4. The summed E-state index contributed by atoms with van der Waals surface area (Å²) >= 11 is 1.65. The number of aliphatic hydroxyl groups excluding tert-OH is 1. The molecule has 2 saturated heterocycles. The highest BCUT2D eigenvalue weighted by atomic mass is 32.2. The molecule has 3 amide bonds. The number of aliphatic hydroxyl groups is 1. The summed E-state index contributed by atoms with van der Waals surface area (Å²) in [6, 6.07) is 9.34. The van der Waals surface area contributed by atoms with Gasteiger partial charge in [0.25, 0.3) is 0 Å². The van der Waals surface area contributed by atoms with Gasteiger partial charge >= 0.3 is 0 Å². The lowest BCUT2D eigenvalue weighted by Crippen LogP contribution is -2.53. The minimum Gasteiger partial charge on any atom is -0.396 e. The van der Waals surface area contributed by atoms with Crippen LogP contribution in [-0.4, -0.2) is 85.8 Å². The van der Waals surface area contributed by atoms with Crippen LogP contribution in [0.25, 0.3) is 0 Å². The number of rotatable bonds is 10. The number of benzene rings is 1. The number of fused-ring (bicyclic) bond motifs is 2. The van der Waals surface area contributed by atoms with E-state index in [1.165, 1.54) is 0 Å². The highest BCUT2D eigenvalue weighted by Crippen LogP contribution is 2.65. The lowest BCUT2D eigenvalue weighted by Gasteiger charge is -2.37. The van der Waals surface area contributed by atoms with Gasteiger partial charge in [0.05, 0.1) is 16.6 Å². The Hall–Kier alpha value is -2.58. The van der Waals surface area contributed by atoms with E-state index in [-0.39, 0.29) is 24.3 Å². The molecule has 0 aliphatic carbocycles. The largest absolute Gasteiger partial charge is 0.396 e. The van der Waals surface area contributed by atoms with Gasteiger partial charge in [0.15, 0.2) is 0 Å². The molecule has 1 aromatic carbocycles. The van der Waals surface area contributed by atoms with E-state index in [4.69, 9.17) is 0 Å². The monoisotopic (exact) mass is 551 g/mol. The van der Waals surface area contributed by atoms with Crippen LogP contribution >= 0.6 is 11.8 Å². The van der Waals surface area contributed by atoms with E-state index in [9.17, 15) is 19.5 Å². The molecular weight excluding hydrogens is 510 g/mol. The highest BCUT2D eigenvalue weighted by molar-refractivity contribution is 8.02. The zero-order valence-corrected chi connectivity index (χ0v) is 23.9. The van der Waals surface area contributed by atoms with E-state index < -0.39 is 27.4 Å². The molecular formula is C31H41N3O4S. The van der Waals surface area contributed by atoms with E-state index in [2.05, 4.69) is 38.2 Å². The normalized spacial score (nSPS) is 31.8. The molecule has 39 heavy (non-hydrogen) atoms. The molecule has 0 aromatic heterocycles. The van der Waals surface area contributed by atoms with Crippen LogP contribution in [-0.2, 0) is 20.9 Å². The Balaban J connectivity index is 1.53. The molecule has 4 heterocycles. The summed E-state index contributed by atoms with van der Waals surface area (Å²) in [6.45, 7) is 6.95. The van der Waals surface area contributed by atoms with Gasteiger partial charge in [-0.1, -0.05) is 68.0 Å². The number of likely N-dealkylation sites (tertiary alicyclic amines) is 1. The average molecular weight is 552 g/mol. The molecule has 0 bridgehead atoms. The molecule has 4 aliphatic heterocycles. The Morgan fingerprint density at radius 1 is 0.872 bits per heavy atom. The fourth-order valence-electron chi connectivity index (χ4n) is 6.93. The molecule has 5 rings (SSSR count). The second-order valence-corrected chi connectivity index (χ2v) is 13.3. The van der Waals surface area contributed by atoms with Gasteiger partial charge in [-0.3, -0.25) is 14.4 Å². The fourth-order valence-corrected chi connectivity index (χ4v) is 9.08. The molecule has 1 unspecified atom stereocenters. The van der Waals surface area contributed by atoms with E-state index in [1.54, 1.807) is 16.7 Å². The van der Waals surface area contributed by atoms with Gasteiger partial charge in [0, 0.05) is 44.1 Å². The Morgan fingerprint density at radius 3 is 2.36 bits per heavy atom. The molecule has 5 atom stereocenters. The van der Waals surface area contributed by atoms with Crippen LogP contribution in [0.1, 0.15) is 51.5 Å². The minimum atomic E-state index is -0.790. The average Bonchev–Trinajstić information content (AvgIpc) is 3.20. The summed E-state index contributed by atoms with van der Waals surface area (Å²) < 4.78 is -1.38. The van der Waals surface area contributed by atoms with Crippen molar-refractivity contribution in [3.8, 4) is 0 Å². The smallest absolute Gasteiger partial charge is 0.247 e. The number of nitrogens with zero attached hydrogens (tertiary/aromatic N) is 3. The molecule has 1 spiro atoms. The van der Waals surface area contributed by atoms with Gasteiger partial charge in [0.1, 0.15) is 6.04 Å². The Labute approximate surface area is 236 Å². The first-order chi connectivity index (χ1) is 18.9. The van der Waals surface area contributed by atoms with Crippen LogP contribution in [0, 0.1) is 11.8 Å². The third-order valence-electron chi connectivity index (χ3n) is 8.78. The fraction of sp³-hybridized carbons (Fsp3) is 0.581. The van der Waals surface area contributed by atoms with Crippen molar-refractivity contribution in [3.63, 3.8) is 0 Å². The lowest BCUT2D eigenvalue weighted by atomic mass is 9.74. The van der Waals surface area contributed by atoms with E-state index >= 15 is 0 Å². The zero-order valence-electron chi connectivity index (χ0n) is 23.1. The summed E-state index contributed by atoms with van der Waals surface area (Å²) in [4.78, 5) is 48.5. The van der Waals surface area contributed by atoms with Crippen LogP contribution < -0.4 is 0 Å².